The zero-order chi connectivity index (χ0) is 12.9. The van der Waals surface area contributed by atoms with Crippen LogP contribution in [0.1, 0.15) is 59.3 Å². The van der Waals surface area contributed by atoms with Crippen molar-refractivity contribution in [2.75, 3.05) is 0 Å². The molecule has 0 radical (unpaired) electrons. The molecule has 0 saturated heterocycles. The van der Waals surface area contributed by atoms with Crippen LogP contribution in [0.25, 0.3) is 0 Å². The van der Waals surface area contributed by atoms with Gasteiger partial charge in [-0.3, -0.25) is 9.63 Å². The van der Waals surface area contributed by atoms with Crippen LogP contribution in [0, 0.1) is 16.7 Å². The Kier molecular flexibility index (Phi) is 4.53. The molecule has 0 aliphatic heterocycles. The van der Waals surface area contributed by atoms with Crippen molar-refractivity contribution < 1.29 is 9.63 Å². The SMILES string of the molecule is CC(C)(C)ONC(=O)C1(C#N)CCCCCC1. The van der Waals surface area contributed by atoms with Crippen LogP contribution in [0.2, 0.25) is 0 Å². The molecule has 1 amide bonds. The summed E-state index contributed by atoms with van der Waals surface area (Å²) in [6.07, 6.45) is 5.38. The number of nitrogens with one attached hydrogen (secondary N) is 1. The maximum Gasteiger partial charge on any atom is 0.264 e. The van der Waals surface area contributed by atoms with Gasteiger partial charge in [0.15, 0.2) is 0 Å². The fourth-order valence-electron chi connectivity index (χ4n) is 2.02. The highest BCUT2D eigenvalue weighted by Gasteiger charge is 2.39. The van der Waals surface area contributed by atoms with E-state index in [0.717, 1.165) is 25.7 Å². The van der Waals surface area contributed by atoms with Gasteiger partial charge in [0.25, 0.3) is 5.91 Å². The number of hydroxylamine groups is 1. The largest absolute Gasteiger partial charge is 0.271 e. The normalized spacial score (nSPS) is 20.1. The molecule has 4 heteroatoms. The number of amides is 1. The summed E-state index contributed by atoms with van der Waals surface area (Å²) in [4.78, 5) is 17.4. The highest BCUT2D eigenvalue weighted by atomic mass is 16.7. The predicted octanol–water partition coefficient (Wildman–Crippen LogP) is 2.70. The third-order valence-corrected chi connectivity index (χ3v) is 3.06. The number of nitriles is 1. The number of hydrogen-bond acceptors (Lipinski definition) is 3. The van der Waals surface area contributed by atoms with Crippen molar-refractivity contribution in [2.45, 2.75) is 64.9 Å². The molecule has 0 aromatic heterocycles. The predicted molar refractivity (Wildman–Crippen MR) is 64.7 cm³/mol. The van der Waals surface area contributed by atoms with Gasteiger partial charge in [-0.15, -0.1) is 0 Å². The minimum absolute atomic E-state index is 0.281. The molecule has 96 valence electrons. The topological polar surface area (TPSA) is 62.1 Å². The van der Waals surface area contributed by atoms with Crippen LogP contribution in [-0.4, -0.2) is 11.5 Å². The Morgan fingerprint density at radius 1 is 1.24 bits per heavy atom. The van der Waals surface area contributed by atoms with Crippen LogP contribution in [0.15, 0.2) is 0 Å². The number of nitrogens with zero attached hydrogens (tertiary/aromatic N) is 1. The quantitative estimate of drug-likeness (QED) is 0.594. The van der Waals surface area contributed by atoms with Crippen LogP contribution in [0.4, 0.5) is 0 Å². The summed E-state index contributed by atoms with van der Waals surface area (Å²) >= 11 is 0. The molecule has 1 fully saturated rings. The van der Waals surface area contributed by atoms with Crippen molar-refractivity contribution >= 4 is 5.91 Å². The zero-order valence-corrected chi connectivity index (χ0v) is 11.0. The highest BCUT2D eigenvalue weighted by Crippen LogP contribution is 2.34. The van der Waals surface area contributed by atoms with E-state index in [1.165, 1.54) is 0 Å². The van der Waals surface area contributed by atoms with Crippen molar-refractivity contribution in [3.05, 3.63) is 0 Å². The lowest BCUT2D eigenvalue weighted by atomic mass is 9.81. The Bertz CT molecular complexity index is 304. The van der Waals surface area contributed by atoms with Crippen molar-refractivity contribution in [1.29, 1.82) is 5.26 Å². The molecule has 0 aromatic rings. The van der Waals surface area contributed by atoms with Gasteiger partial charge in [-0.05, 0) is 33.6 Å². The molecule has 1 N–H and O–H groups in total. The van der Waals surface area contributed by atoms with E-state index < -0.39 is 11.0 Å². The fourth-order valence-corrected chi connectivity index (χ4v) is 2.02. The Hall–Kier alpha value is -1.08. The molecule has 17 heavy (non-hydrogen) atoms. The molecular weight excluding hydrogens is 216 g/mol. The number of carbonyl (C=O) groups is 1. The van der Waals surface area contributed by atoms with Crippen molar-refractivity contribution in [3.8, 4) is 6.07 Å². The van der Waals surface area contributed by atoms with Crippen LogP contribution in [-0.2, 0) is 9.63 Å². The van der Waals surface area contributed by atoms with E-state index in [4.69, 9.17) is 4.84 Å². The van der Waals surface area contributed by atoms with Crippen molar-refractivity contribution in [1.82, 2.24) is 5.48 Å². The van der Waals surface area contributed by atoms with Crippen LogP contribution < -0.4 is 5.48 Å². The lowest BCUT2D eigenvalue weighted by molar-refractivity contribution is -0.153. The lowest BCUT2D eigenvalue weighted by Crippen LogP contribution is -2.43. The maximum atomic E-state index is 12.1. The minimum atomic E-state index is -0.887. The molecule has 0 atom stereocenters. The Morgan fingerprint density at radius 3 is 2.18 bits per heavy atom. The van der Waals surface area contributed by atoms with Gasteiger partial charge in [0.2, 0.25) is 0 Å². The van der Waals surface area contributed by atoms with Gasteiger partial charge in [0.1, 0.15) is 5.41 Å². The Balaban J connectivity index is 2.66. The monoisotopic (exact) mass is 238 g/mol. The molecule has 0 spiro atoms. The first-order valence-electron chi connectivity index (χ1n) is 6.29. The van der Waals surface area contributed by atoms with Crippen LogP contribution >= 0.6 is 0 Å². The van der Waals surface area contributed by atoms with Crippen LogP contribution in [0.3, 0.4) is 0 Å². The number of hydrogen-bond donors (Lipinski definition) is 1. The van der Waals surface area contributed by atoms with E-state index in [-0.39, 0.29) is 5.91 Å². The molecule has 4 nitrogen and oxygen atoms in total. The number of rotatable bonds is 2. The zero-order valence-electron chi connectivity index (χ0n) is 11.0. The van der Waals surface area contributed by atoms with E-state index in [2.05, 4.69) is 11.5 Å². The molecule has 1 aliphatic rings. The third-order valence-electron chi connectivity index (χ3n) is 3.06. The number of carbonyl (C=O) groups excluding carboxylic acids is 1. The second kappa shape index (κ2) is 5.50. The average molecular weight is 238 g/mol. The molecule has 0 heterocycles. The summed E-state index contributed by atoms with van der Waals surface area (Å²) in [5, 5.41) is 9.30. The van der Waals surface area contributed by atoms with E-state index in [1.807, 2.05) is 20.8 Å². The van der Waals surface area contributed by atoms with E-state index in [1.54, 1.807) is 0 Å². The molecule has 0 unspecified atom stereocenters. The van der Waals surface area contributed by atoms with Gasteiger partial charge in [0.05, 0.1) is 11.7 Å². The first-order valence-corrected chi connectivity index (χ1v) is 6.29. The first-order chi connectivity index (χ1) is 7.90. The summed E-state index contributed by atoms with van der Waals surface area (Å²) in [6.45, 7) is 5.58. The fraction of sp³-hybridized carbons (Fsp3) is 0.846. The van der Waals surface area contributed by atoms with Gasteiger partial charge in [-0.1, -0.05) is 25.7 Å². The van der Waals surface area contributed by atoms with Gasteiger partial charge in [0, 0.05) is 0 Å². The minimum Gasteiger partial charge on any atom is -0.271 e. The van der Waals surface area contributed by atoms with Gasteiger partial charge < -0.3 is 0 Å². The van der Waals surface area contributed by atoms with Crippen molar-refractivity contribution in [2.24, 2.45) is 5.41 Å². The highest BCUT2D eigenvalue weighted by molar-refractivity contribution is 5.84. The summed E-state index contributed by atoms with van der Waals surface area (Å²) in [5.41, 5.74) is 1.13. The van der Waals surface area contributed by atoms with Gasteiger partial charge in [-0.2, -0.15) is 5.26 Å². The van der Waals surface area contributed by atoms with Gasteiger partial charge in [-0.25, -0.2) is 5.48 Å². The summed E-state index contributed by atoms with van der Waals surface area (Å²) in [5.74, 6) is -0.281. The molecule has 0 aromatic carbocycles. The summed E-state index contributed by atoms with van der Waals surface area (Å²) < 4.78 is 0. The Morgan fingerprint density at radius 2 is 1.76 bits per heavy atom. The molecule has 0 bridgehead atoms. The van der Waals surface area contributed by atoms with Crippen LogP contribution in [0.5, 0.6) is 0 Å². The van der Waals surface area contributed by atoms with E-state index >= 15 is 0 Å². The average Bonchev–Trinajstić information content (AvgIpc) is 2.51. The second-order valence-corrected chi connectivity index (χ2v) is 5.75. The molecule has 1 rings (SSSR count). The van der Waals surface area contributed by atoms with E-state index in [9.17, 15) is 10.1 Å². The summed E-state index contributed by atoms with van der Waals surface area (Å²) in [6, 6.07) is 2.20. The first kappa shape index (κ1) is 14.0. The molecular formula is C13H22N2O2. The maximum absolute atomic E-state index is 12.1. The molecule has 1 saturated carbocycles. The smallest absolute Gasteiger partial charge is 0.264 e. The van der Waals surface area contributed by atoms with E-state index in [0.29, 0.717) is 12.8 Å². The van der Waals surface area contributed by atoms with Crippen molar-refractivity contribution in [3.63, 3.8) is 0 Å². The molecule has 1 aliphatic carbocycles. The van der Waals surface area contributed by atoms with Gasteiger partial charge >= 0.3 is 0 Å². The third kappa shape index (κ3) is 4.01. The standard InChI is InChI=1S/C13H22N2O2/c1-12(2,3)17-15-11(16)13(10-14)8-6-4-5-7-9-13/h4-9H2,1-3H3,(H,15,16). The summed E-state index contributed by atoms with van der Waals surface area (Å²) in [7, 11) is 0. The second-order valence-electron chi connectivity index (χ2n) is 5.75. The lowest BCUT2D eigenvalue weighted by Gasteiger charge is -2.26. The Labute approximate surface area is 103 Å².